The topological polar surface area (TPSA) is 81.8 Å². The van der Waals surface area contributed by atoms with Gasteiger partial charge in [0.1, 0.15) is 6.10 Å². The standard InChI is InChI=1S/C20H22N2O5/c1-12(27-11-23)14-10-21-15-6-5-7-16(19(14)15)22-13-8-17(24-2)20(26-4)18(9-13)25-3/h5-12,21-22H,1-4H3. The van der Waals surface area contributed by atoms with Crippen molar-refractivity contribution in [1.29, 1.82) is 0 Å². The van der Waals surface area contributed by atoms with Crippen molar-refractivity contribution in [2.24, 2.45) is 0 Å². The predicted octanol–water partition coefficient (Wildman–Crippen LogP) is 4.17. The summed E-state index contributed by atoms with van der Waals surface area (Å²) < 4.78 is 21.3. The number of benzene rings is 2. The van der Waals surface area contributed by atoms with Crippen LogP contribution in [0, 0.1) is 0 Å². The summed E-state index contributed by atoms with van der Waals surface area (Å²) >= 11 is 0. The molecule has 0 bridgehead atoms. The van der Waals surface area contributed by atoms with Crippen molar-refractivity contribution in [3.8, 4) is 17.2 Å². The fraction of sp³-hybridized carbons (Fsp3) is 0.250. The fourth-order valence-electron chi connectivity index (χ4n) is 3.10. The number of fused-ring (bicyclic) bond motifs is 1. The molecule has 1 unspecified atom stereocenters. The lowest BCUT2D eigenvalue weighted by Gasteiger charge is -2.16. The molecule has 0 saturated heterocycles. The lowest BCUT2D eigenvalue weighted by Crippen LogP contribution is -2.00. The van der Waals surface area contributed by atoms with Crippen molar-refractivity contribution in [2.45, 2.75) is 13.0 Å². The molecule has 0 saturated carbocycles. The number of ether oxygens (including phenoxy) is 4. The smallest absolute Gasteiger partial charge is 0.293 e. The minimum absolute atomic E-state index is 0.376. The van der Waals surface area contributed by atoms with Crippen molar-refractivity contribution in [3.05, 3.63) is 42.1 Å². The minimum Gasteiger partial charge on any atom is -0.493 e. The highest BCUT2D eigenvalue weighted by Gasteiger charge is 2.17. The molecule has 2 aromatic carbocycles. The molecule has 0 amide bonds. The van der Waals surface area contributed by atoms with Crippen LogP contribution < -0.4 is 19.5 Å². The predicted molar refractivity (Wildman–Crippen MR) is 103 cm³/mol. The molecular weight excluding hydrogens is 348 g/mol. The van der Waals surface area contributed by atoms with Crippen molar-refractivity contribution >= 4 is 28.7 Å². The maximum Gasteiger partial charge on any atom is 0.293 e. The molecule has 1 atom stereocenters. The van der Waals surface area contributed by atoms with Crippen molar-refractivity contribution in [2.75, 3.05) is 26.6 Å². The van der Waals surface area contributed by atoms with Gasteiger partial charge in [-0.1, -0.05) is 6.07 Å². The van der Waals surface area contributed by atoms with Crippen LogP contribution in [0.1, 0.15) is 18.6 Å². The van der Waals surface area contributed by atoms with E-state index in [1.165, 1.54) is 0 Å². The van der Waals surface area contributed by atoms with Gasteiger partial charge < -0.3 is 29.2 Å². The second-order valence-corrected chi connectivity index (χ2v) is 5.89. The van der Waals surface area contributed by atoms with Crippen LogP contribution in [-0.2, 0) is 9.53 Å². The summed E-state index contributed by atoms with van der Waals surface area (Å²) in [5.74, 6) is 1.64. The lowest BCUT2D eigenvalue weighted by atomic mass is 10.1. The third-order valence-electron chi connectivity index (χ3n) is 4.38. The zero-order chi connectivity index (χ0) is 19.4. The second-order valence-electron chi connectivity index (χ2n) is 5.89. The van der Waals surface area contributed by atoms with E-state index in [0.717, 1.165) is 27.8 Å². The van der Waals surface area contributed by atoms with Crippen LogP contribution in [0.2, 0.25) is 0 Å². The number of aromatic nitrogens is 1. The molecule has 0 aliphatic heterocycles. The lowest BCUT2D eigenvalue weighted by molar-refractivity contribution is -0.133. The van der Waals surface area contributed by atoms with Crippen LogP contribution in [0.5, 0.6) is 17.2 Å². The van der Waals surface area contributed by atoms with E-state index in [1.807, 2.05) is 43.5 Å². The molecule has 7 heteroatoms. The fourth-order valence-corrected chi connectivity index (χ4v) is 3.10. The van der Waals surface area contributed by atoms with Crippen LogP contribution in [0.25, 0.3) is 10.9 Å². The molecule has 0 aliphatic carbocycles. The summed E-state index contributed by atoms with van der Waals surface area (Å²) in [4.78, 5) is 13.9. The quantitative estimate of drug-likeness (QED) is 0.579. The van der Waals surface area contributed by atoms with Gasteiger partial charge in [-0.15, -0.1) is 0 Å². The van der Waals surface area contributed by atoms with E-state index in [4.69, 9.17) is 18.9 Å². The van der Waals surface area contributed by atoms with Gasteiger partial charge in [0, 0.05) is 46.2 Å². The van der Waals surface area contributed by atoms with E-state index < -0.39 is 0 Å². The van der Waals surface area contributed by atoms with E-state index >= 15 is 0 Å². The number of aromatic amines is 1. The van der Waals surface area contributed by atoms with Crippen molar-refractivity contribution < 1.29 is 23.7 Å². The van der Waals surface area contributed by atoms with Gasteiger partial charge in [0.2, 0.25) is 5.75 Å². The Bertz CT molecular complexity index is 926. The second kappa shape index (κ2) is 7.90. The summed E-state index contributed by atoms with van der Waals surface area (Å²) in [7, 11) is 4.71. The Balaban J connectivity index is 2.07. The van der Waals surface area contributed by atoms with Gasteiger partial charge in [0.25, 0.3) is 6.47 Å². The number of anilines is 2. The van der Waals surface area contributed by atoms with Crippen molar-refractivity contribution in [1.82, 2.24) is 4.98 Å². The molecule has 3 rings (SSSR count). The largest absolute Gasteiger partial charge is 0.493 e. The van der Waals surface area contributed by atoms with Gasteiger partial charge in [-0.3, -0.25) is 4.79 Å². The van der Waals surface area contributed by atoms with Crippen LogP contribution >= 0.6 is 0 Å². The van der Waals surface area contributed by atoms with Crippen LogP contribution in [-0.4, -0.2) is 32.8 Å². The third-order valence-corrected chi connectivity index (χ3v) is 4.38. The van der Waals surface area contributed by atoms with Gasteiger partial charge >= 0.3 is 0 Å². The van der Waals surface area contributed by atoms with Gasteiger partial charge in [-0.05, 0) is 19.1 Å². The first-order chi connectivity index (χ1) is 13.1. The maximum atomic E-state index is 10.7. The van der Waals surface area contributed by atoms with Crippen LogP contribution in [0.15, 0.2) is 36.5 Å². The number of hydrogen-bond donors (Lipinski definition) is 2. The summed E-state index contributed by atoms with van der Waals surface area (Å²) in [6.45, 7) is 2.28. The molecular formula is C20H22N2O5. The van der Waals surface area contributed by atoms with E-state index in [9.17, 15) is 4.79 Å². The maximum absolute atomic E-state index is 10.7. The number of hydrogen-bond acceptors (Lipinski definition) is 6. The molecule has 142 valence electrons. The molecule has 0 spiro atoms. The van der Waals surface area contributed by atoms with Gasteiger partial charge in [0.15, 0.2) is 11.5 Å². The first-order valence-corrected chi connectivity index (χ1v) is 8.39. The van der Waals surface area contributed by atoms with E-state index in [0.29, 0.717) is 23.7 Å². The van der Waals surface area contributed by atoms with Gasteiger partial charge in [-0.2, -0.15) is 0 Å². The number of methoxy groups -OCH3 is 3. The van der Waals surface area contributed by atoms with E-state index in [1.54, 1.807) is 21.3 Å². The molecule has 2 N–H and O–H groups in total. The first-order valence-electron chi connectivity index (χ1n) is 8.39. The average Bonchev–Trinajstić information content (AvgIpc) is 3.12. The van der Waals surface area contributed by atoms with Crippen molar-refractivity contribution in [3.63, 3.8) is 0 Å². The van der Waals surface area contributed by atoms with Crippen LogP contribution in [0.4, 0.5) is 11.4 Å². The Morgan fingerprint density at radius 1 is 1.07 bits per heavy atom. The zero-order valence-corrected chi connectivity index (χ0v) is 15.7. The molecule has 0 aliphatic rings. The summed E-state index contributed by atoms with van der Waals surface area (Å²) in [6.07, 6.45) is 1.47. The molecule has 0 radical (unpaired) electrons. The number of H-pyrrole nitrogens is 1. The molecule has 27 heavy (non-hydrogen) atoms. The Kier molecular flexibility index (Phi) is 5.40. The molecule has 1 aromatic heterocycles. The molecule has 1 heterocycles. The number of carbonyl (C=O) groups is 1. The normalized spacial score (nSPS) is 11.7. The highest BCUT2D eigenvalue weighted by atomic mass is 16.5. The van der Waals surface area contributed by atoms with Gasteiger partial charge in [0.05, 0.1) is 21.3 Å². The van der Waals surface area contributed by atoms with Gasteiger partial charge in [-0.25, -0.2) is 0 Å². The summed E-state index contributed by atoms with van der Waals surface area (Å²) in [6, 6.07) is 9.52. The highest BCUT2D eigenvalue weighted by Crippen LogP contribution is 2.41. The Morgan fingerprint density at radius 2 is 1.78 bits per heavy atom. The number of nitrogens with one attached hydrogen (secondary N) is 2. The van der Waals surface area contributed by atoms with Crippen LogP contribution in [0.3, 0.4) is 0 Å². The Morgan fingerprint density at radius 3 is 2.37 bits per heavy atom. The first kappa shape index (κ1) is 18.4. The average molecular weight is 370 g/mol. The number of carbonyl (C=O) groups excluding carboxylic acids is 1. The Labute approximate surface area is 157 Å². The molecule has 3 aromatic rings. The summed E-state index contributed by atoms with van der Waals surface area (Å²) in [5, 5.41) is 4.34. The molecule has 7 nitrogen and oxygen atoms in total. The minimum atomic E-state index is -0.376. The highest BCUT2D eigenvalue weighted by molar-refractivity contribution is 5.97. The zero-order valence-electron chi connectivity index (χ0n) is 15.7. The summed E-state index contributed by atoms with van der Waals surface area (Å²) in [5.41, 5.74) is 3.45. The Hall–Kier alpha value is -3.35. The van der Waals surface area contributed by atoms with E-state index in [-0.39, 0.29) is 6.10 Å². The monoisotopic (exact) mass is 370 g/mol. The number of rotatable bonds is 8. The van der Waals surface area contributed by atoms with E-state index in [2.05, 4.69) is 10.3 Å². The molecule has 0 fully saturated rings. The SMILES string of the molecule is COc1cc(Nc2cccc3[nH]cc(C(C)OC=O)c23)cc(OC)c1OC. The third kappa shape index (κ3) is 3.48.